The number of carbonyl (C=O) groups excluding carboxylic acids is 2. The smallest absolute Gasteiger partial charge is 0.408 e. The van der Waals surface area contributed by atoms with Crippen molar-refractivity contribution in [3.63, 3.8) is 0 Å². The Kier molecular flexibility index (Phi) is 7.77. The van der Waals surface area contributed by atoms with E-state index in [0.717, 1.165) is 16.7 Å². The van der Waals surface area contributed by atoms with Gasteiger partial charge in [-0.25, -0.2) is 9.78 Å². The molecule has 2 aromatic heterocycles. The zero-order valence-electron chi connectivity index (χ0n) is 21.8. The van der Waals surface area contributed by atoms with Crippen LogP contribution in [0.5, 0.6) is 0 Å². The number of alkyl carbamates (subject to hydrolysis) is 1. The Morgan fingerprint density at radius 1 is 1.00 bits per heavy atom. The van der Waals surface area contributed by atoms with Gasteiger partial charge < -0.3 is 19.2 Å². The Morgan fingerprint density at radius 2 is 1.68 bits per heavy atom. The zero-order chi connectivity index (χ0) is 27.3. The zero-order valence-corrected chi connectivity index (χ0v) is 21.8. The second kappa shape index (κ2) is 11.2. The van der Waals surface area contributed by atoms with Gasteiger partial charge in [0.25, 0.3) is 0 Å². The molecule has 0 aliphatic rings. The first-order valence-electron chi connectivity index (χ1n) is 12.3. The fraction of sp³-hybridized carbons (Fsp3) is 0.267. The molecule has 194 valence electrons. The maximum absolute atomic E-state index is 13.0. The van der Waals surface area contributed by atoms with Crippen LogP contribution in [-0.4, -0.2) is 27.0 Å². The summed E-state index contributed by atoms with van der Waals surface area (Å²) in [5.74, 6) is -1.21. The standard InChI is InChI=1S/C30H30N4O4/c1-20(28(35)37-19-22-8-6-5-7-9-22)27(33-29(36)38-30(2,3)4)25-18-34-17-24(14-15-26(34)32-25)23-12-10-21(16-31)11-13-23/h5-15,17-18,20,27H,19H2,1-4H3,(H,33,36)/t20-,27+/m1/s1. The highest BCUT2D eigenvalue weighted by Crippen LogP contribution is 2.26. The molecule has 2 aromatic carbocycles. The van der Waals surface area contributed by atoms with Crippen LogP contribution in [0.15, 0.2) is 79.1 Å². The minimum Gasteiger partial charge on any atom is -0.461 e. The summed E-state index contributed by atoms with van der Waals surface area (Å²) >= 11 is 0. The van der Waals surface area contributed by atoms with Gasteiger partial charge in [-0.3, -0.25) is 4.79 Å². The molecule has 0 fully saturated rings. The van der Waals surface area contributed by atoms with Crippen molar-refractivity contribution in [3.8, 4) is 17.2 Å². The van der Waals surface area contributed by atoms with Crippen molar-refractivity contribution in [1.82, 2.24) is 14.7 Å². The van der Waals surface area contributed by atoms with Crippen molar-refractivity contribution in [2.24, 2.45) is 5.92 Å². The molecule has 8 heteroatoms. The SMILES string of the molecule is C[C@@H](C(=O)OCc1ccccc1)[C@H](NC(=O)OC(C)(C)C)c1cn2cc(-c3ccc(C#N)cc3)ccc2n1. The number of imidazole rings is 1. The molecule has 38 heavy (non-hydrogen) atoms. The Labute approximate surface area is 221 Å². The van der Waals surface area contributed by atoms with Crippen molar-refractivity contribution in [3.05, 3.63) is 95.9 Å². The number of amides is 1. The van der Waals surface area contributed by atoms with E-state index in [2.05, 4.69) is 16.4 Å². The molecule has 2 atom stereocenters. The summed E-state index contributed by atoms with van der Waals surface area (Å²) in [6.45, 7) is 7.14. The maximum atomic E-state index is 13.0. The van der Waals surface area contributed by atoms with Crippen LogP contribution in [0.2, 0.25) is 0 Å². The number of ether oxygens (including phenoxy) is 2. The fourth-order valence-electron chi connectivity index (χ4n) is 3.96. The van der Waals surface area contributed by atoms with Gasteiger partial charge in [0.05, 0.1) is 29.3 Å². The Bertz CT molecular complexity index is 1460. The molecule has 4 aromatic rings. The molecule has 0 spiro atoms. The van der Waals surface area contributed by atoms with Crippen LogP contribution in [0.1, 0.15) is 50.6 Å². The first kappa shape index (κ1) is 26.4. The summed E-state index contributed by atoms with van der Waals surface area (Å²) in [7, 11) is 0. The second-order valence-electron chi connectivity index (χ2n) is 10.0. The van der Waals surface area contributed by atoms with E-state index in [0.29, 0.717) is 16.9 Å². The molecular weight excluding hydrogens is 480 g/mol. The molecule has 0 aliphatic carbocycles. The highest BCUT2D eigenvalue weighted by Gasteiger charge is 2.32. The lowest BCUT2D eigenvalue weighted by molar-refractivity contribution is -0.150. The van der Waals surface area contributed by atoms with Crippen LogP contribution in [0, 0.1) is 17.2 Å². The third-order valence-electron chi connectivity index (χ3n) is 5.90. The van der Waals surface area contributed by atoms with E-state index in [4.69, 9.17) is 14.7 Å². The predicted molar refractivity (Wildman–Crippen MR) is 143 cm³/mol. The maximum Gasteiger partial charge on any atom is 0.408 e. The van der Waals surface area contributed by atoms with Crippen molar-refractivity contribution >= 4 is 17.7 Å². The summed E-state index contributed by atoms with van der Waals surface area (Å²) in [6, 6.07) is 21.8. The van der Waals surface area contributed by atoms with E-state index in [1.807, 2.05) is 65.2 Å². The van der Waals surface area contributed by atoms with E-state index in [-0.39, 0.29) is 6.61 Å². The molecule has 4 rings (SSSR count). The minimum atomic E-state index is -0.786. The second-order valence-corrected chi connectivity index (χ2v) is 10.0. The topological polar surface area (TPSA) is 106 Å². The lowest BCUT2D eigenvalue weighted by atomic mass is 9.99. The number of esters is 1. The molecule has 8 nitrogen and oxygen atoms in total. The number of hydrogen-bond donors (Lipinski definition) is 1. The average Bonchev–Trinajstić information content (AvgIpc) is 3.33. The normalized spacial score (nSPS) is 12.8. The Hall–Kier alpha value is -4.64. The van der Waals surface area contributed by atoms with Crippen LogP contribution in [0.25, 0.3) is 16.8 Å². The van der Waals surface area contributed by atoms with Gasteiger partial charge in [-0.1, -0.05) is 42.5 Å². The molecule has 0 radical (unpaired) electrons. The average molecular weight is 511 g/mol. The van der Waals surface area contributed by atoms with Gasteiger partial charge in [0, 0.05) is 12.4 Å². The van der Waals surface area contributed by atoms with Gasteiger partial charge in [-0.15, -0.1) is 0 Å². The van der Waals surface area contributed by atoms with Gasteiger partial charge >= 0.3 is 12.1 Å². The Morgan fingerprint density at radius 3 is 2.34 bits per heavy atom. The largest absolute Gasteiger partial charge is 0.461 e. The fourth-order valence-corrected chi connectivity index (χ4v) is 3.96. The number of fused-ring (bicyclic) bond motifs is 1. The molecule has 0 saturated carbocycles. The van der Waals surface area contributed by atoms with E-state index >= 15 is 0 Å². The molecular formula is C30H30N4O4. The number of benzene rings is 2. The third-order valence-corrected chi connectivity index (χ3v) is 5.90. The van der Waals surface area contributed by atoms with Gasteiger partial charge in [-0.05, 0) is 68.7 Å². The lowest BCUT2D eigenvalue weighted by Gasteiger charge is -2.25. The van der Waals surface area contributed by atoms with Crippen molar-refractivity contribution in [1.29, 1.82) is 5.26 Å². The molecule has 2 heterocycles. The highest BCUT2D eigenvalue weighted by molar-refractivity contribution is 5.75. The van der Waals surface area contributed by atoms with Crippen LogP contribution < -0.4 is 5.32 Å². The van der Waals surface area contributed by atoms with Gasteiger partial charge in [0.2, 0.25) is 0 Å². The quantitative estimate of drug-likeness (QED) is 0.314. The number of nitriles is 1. The molecule has 1 amide bonds. The molecule has 0 unspecified atom stereocenters. The predicted octanol–water partition coefficient (Wildman–Crippen LogP) is 5.82. The highest BCUT2D eigenvalue weighted by atomic mass is 16.6. The van der Waals surface area contributed by atoms with Crippen LogP contribution in [0.4, 0.5) is 4.79 Å². The van der Waals surface area contributed by atoms with Crippen LogP contribution >= 0.6 is 0 Å². The summed E-state index contributed by atoms with van der Waals surface area (Å²) in [5.41, 5.74) is 3.77. The monoisotopic (exact) mass is 510 g/mol. The number of pyridine rings is 1. The molecule has 1 N–H and O–H groups in total. The summed E-state index contributed by atoms with van der Waals surface area (Å²) in [4.78, 5) is 30.4. The minimum absolute atomic E-state index is 0.127. The molecule has 0 aliphatic heterocycles. The number of rotatable bonds is 7. The van der Waals surface area contributed by atoms with E-state index in [1.165, 1.54) is 0 Å². The molecule has 0 bridgehead atoms. The van der Waals surface area contributed by atoms with Crippen molar-refractivity contribution in [2.75, 3.05) is 0 Å². The summed E-state index contributed by atoms with van der Waals surface area (Å²) < 4.78 is 12.9. The number of aromatic nitrogens is 2. The van der Waals surface area contributed by atoms with Gasteiger partial charge in [0.1, 0.15) is 17.9 Å². The number of hydrogen-bond acceptors (Lipinski definition) is 6. The van der Waals surface area contributed by atoms with E-state index in [9.17, 15) is 9.59 Å². The van der Waals surface area contributed by atoms with Crippen molar-refractivity contribution < 1.29 is 19.1 Å². The number of nitrogens with one attached hydrogen (secondary N) is 1. The van der Waals surface area contributed by atoms with E-state index < -0.39 is 29.6 Å². The first-order chi connectivity index (χ1) is 18.1. The molecule has 0 saturated heterocycles. The van der Waals surface area contributed by atoms with Crippen molar-refractivity contribution in [2.45, 2.75) is 45.9 Å². The van der Waals surface area contributed by atoms with E-state index in [1.54, 1.807) is 46.0 Å². The first-order valence-corrected chi connectivity index (χ1v) is 12.3. The van der Waals surface area contributed by atoms with Gasteiger partial charge in [-0.2, -0.15) is 5.26 Å². The van der Waals surface area contributed by atoms with Gasteiger partial charge in [0.15, 0.2) is 0 Å². The third kappa shape index (κ3) is 6.56. The van der Waals surface area contributed by atoms with Crippen LogP contribution in [0.3, 0.4) is 0 Å². The number of carbonyl (C=O) groups is 2. The number of nitrogens with zero attached hydrogens (tertiary/aromatic N) is 3. The van der Waals surface area contributed by atoms with Crippen LogP contribution in [-0.2, 0) is 20.9 Å². The lowest BCUT2D eigenvalue weighted by Crippen LogP contribution is -2.39. The summed E-state index contributed by atoms with van der Waals surface area (Å²) in [6.07, 6.45) is 3.04. The summed E-state index contributed by atoms with van der Waals surface area (Å²) in [5, 5.41) is 11.9. The Balaban J connectivity index is 1.61.